The summed E-state index contributed by atoms with van der Waals surface area (Å²) < 4.78 is 6.31. The second-order valence-corrected chi connectivity index (χ2v) is 17.8. The summed E-state index contributed by atoms with van der Waals surface area (Å²) in [5, 5.41) is 21.2. The highest BCUT2D eigenvalue weighted by Crippen LogP contribution is 2.48. The first-order valence-electron chi connectivity index (χ1n) is 22.3. The highest BCUT2D eigenvalue weighted by Gasteiger charge is 2.52. The maximum Gasteiger partial charge on any atom is 0.262 e. The normalized spacial score (nSPS) is 21.4. The quantitative estimate of drug-likeness (QED) is 0.197. The number of nitrogens with two attached hydrogens (primary N) is 1. The largest absolute Gasteiger partial charge is 0.507 e. The van der Waals surface area contributed by atoms with Crippen LogP contribution >= 0.6 is 0 Å². The van der Waals surface area contributed by atoms with Crippen molar-refractivity contribution in [2.75, 3.05) is 92.5 Å². The van der Waals surface area contributed by atoms with Crippen molar-refractivity contribution >= 4 is 52.4 Å². The highest BCUT2D eigenvalue weighted by atomic mass is 16.5. The number of nitrogen functional groups attached to an aromatic ring is 1. The Kier molecular flexibility index (Phi) is 10.8. The predicted octanol–water partition coefficient (Wildman–Crippen LogP) is 3.13. The lowest BCUT2D eigenvalue weighted by Crippen LogP contribution is -2.55. The van der Waals surface area contributed by atoms with Gasteiger partial charge in [0.15, 0.2) is 5.82 Å². The van der Waals surface area contributed by atoms with Crippen LogP contribution in [0.25, 0.3) is 11.3 Å². The van der Waals surface area contributed by atoms with Crippen molar-refractivity contribution < 1.29 is 33.8 Å². The van der Waals surface area contributed by atoms with E-state index in [9.17, 15) is 29.1 Å². The molecule has 1 unspecified atom stereocenters. The lowest BCUT2D eigenvalue weighted by molar-refractivity contribution is -0.138. The number of fused-ring (bicyclic) bond motifs is 1. The van der Waals surface area contributed by atoms with E-state index < -0.39 is 29.7 Å². The number of aromatic hydroxyl groups is 1. The maximum atomic E-state index is 13.7. The van der Waals surface area contributed by atoms with Crippen LogP contribution in [0.4, 0.5) is 22.9 Å². The third-order valence-electron chi connectivity index (χ3n) is 13.9. The lowest BCUT2D eigenvalue weighted by atomic mass is 9.94. The second kappa shape index (κ2) is 16.7. The molecule has 17 heteroatoms. The Morgan fingerprint density at radius 1 is 0.781 bits per heavy atom. The van der Waals surface area contributed by atoms with E-state index >= 15 is 0 Å². The first-order chi connectivity index (χ1) is 31.0. The Bertz CT molecular complexity index is 2510. The number of ether oxygens (including phenoxy) is 1. The third-order valence-corrected chi connectivity index (χ3v) is 13.9. The Morgan fingerprint density at radius 3 is 2.33 bits per heavy atom. The summed E-state index contributed by atoms with van der Waals surface area (Å²) in [5.41, 5.74) is 10.9. The number of amides is 5. The minimum Gasteiger partial charge on any atom is -0.507 e. The molecule has 4 N–H and O–H groups in total. The number of para-hydroxylation sites is 1. The second-order valence-electron chi connectivity index (χ2n) is 17.8. The SMILES string of the molecule is Nc1nnc(-c2ccccc2O)cc1N1CCN(c2cccc(OCCN3CCN(C(=O)C4CCN(c5ccc6c(c5)C(=O)N(C5CCC(=O)NC5=O)C6=O)CC4)CC3)c2)C2(CC2)C1. The van der Waals surface area contributed by atoms with Gasteiger partial charge < -0.3 is 35.2 Å². The number of carbonyl (C=O) groups excluding carboxylic acids is 5. The molecule has 1 saturated carbocycles. The standard InChI is InChI=1S/C47H52N10O7/c48-42-39(28-37(50-51-42)35-6-1-2-7-40(35)58)55-22-23-56(47(29-55)14-15-47)32-4-3-5-33(26-32)64-25-24-52-18-20-54(21-19-52)44(61)30-12-16-53(17-13-30)31-8-9-34-36(27-31)46(63)57(45(34)62)38-10-11-41(59)49-43(38)60/h1-9,26-28,30,38,58H,10-25,29H2,(H2,48,51)(H,49,59,60). The number of benzene rings is 3. The molecule has 5 fully saturated rings. The Labute approximate surface area is 370 Å². The molecule has 3 aromatic carbocycles. The Balaban J connectivity index is 0.675. The molecule has 1 aliphatic carbocycles. The van der Waals surface area contributed by atoms with Gasteiger partial charge in [0.1, 0.15) is 24.1 Å². The minimum atomic E-state index is -1.00. The number of imide groups is 2. The van der Waals surface area contributed by atoms with Gasteiger partial charge in [0.25, 0.3) is 11.8 Å². The molecule has 5 aliphatic heterocycles. The van der Waals surface area contributed by atoms with E-state index in [0.29, 0.717) is 62.7 Å². The fourth-order valence-electron chi connectivity index (χ4n) is 10.1. The molecule has 332 valence electrons. The molecule has 6 heterocycles. The number of anilines is 4. The van der Waals surface area contributed by atoms with Crippen LogP contribution in [-0.4, -0.2) is 143 Å². The van der Waals surface area contributed by atoms with Gasteiger partial charge in [-0.2, -0.15) is 0 Å². The van der Waals surface area contributed by atoms with Gasteiger partial charge in [0.2, 0.25) is 17.7 Å². The molecule has 64 heavy (non-hydrogen) atoms. The van der Waals surface area contributed by atoms with Gasteiger partial charge in [0, 0.05) is 101 Å². The van der Waals surface area contributed by atoms with Crippen molar-refractivity contribution in [2.24, 2.45) is 5.92 Å². The summed E-state index contributed by atoms with van der Waals surface area (Å²) in [6.45, 7) is 7.87. The average Bonchev–Trinajstić information content (AvgIpc) is 4.03. The summed E-state index contributed by atoms with van der Waals surface area (Å²) in [7, 11) is 0. The minimum absolute atomic E-state index is 0.00660. The number of nitrogens with zero attached hydrogens (tertiary/aromatic N) is 8. The number of rotatable bonds is 10. The van der Waals surface area contributed by atoms with E-state index in [0.717, 1.165) is 79.8 Å². The monoisotopic (exact) mass is 868 g/mol. The zero-order valence-electron chi connectivity index (χ0n) is 35.7. The van der Waals surface area contributed by atoms with Crippen LogP contribution in [0.15, 0.2) is 72.8 Å². The number of phenols is 1. The number of hydrogen-bond donors (Lipinski definition) is 3. The molecule has 5 amide bonds. The fourth-order valence-corrected chi connectivity index (χ4v) is 10.1. The van der Waals surface area contributed by atoms with Crippen LogP contribution < -0.4 is 30.5 Å². The zero-order chi connectivity index (χ0) is 44.1. The lowest BCUT2D eigenvalue weighted by Gasteiger charge is -2.44. The molecule has 4 aromatic rings. The highest BCUT2D eigenvalue weighted by molar-refractivity contribution is 6.23. The van der Waals surface area contributed by atoms with Gasteiger partial charge >= 0.3 is 0 Å². The van der Waals surface area contributed by atoms with Crippen molar-refractivity contribution in [1.82, 2.24) is 30.2 Å². The van der Waals surface area contributed by atoms with Crippen LogP contribution in [0.1, 0.15) is 59.2 Å². The third kappa shape index (κ3) is 7.81. The van der Waals surface area contributed by atoms with Crippen LogP contribution in [0.2, 0.25) is 0 Å². The maximum absolute atomic E-state index is 13.7. The molecule has 1 aromatic heterocycles. The van der Waals surface area contributed by atoms with Crippen LogP contribution in [-0.2, 0) is 14.4 Å². The van der Waals surface area contributed by atoms with E-state index in [1.54, 1.807) is 24.3 Å². The number of nitrogens with one attached hydrogen (secondary N) is 1. The molecule has 17 nitrogen and oxygen atoms in total. The molecule has 6 aliphatic rings. The van der Waals surface area contributed by atoms with Crippen molar-refractivity contribution in [1.29, 1.82) is 0 Å². The van der Waals surface area contributed by atoms with E-state index in [-0.39, 0.29) is 47.1 Å². The number of piperidine rings is 2. The van der Waals surface area contributed by atoms with Crippen LogP contribution in [0, 0.1) is 5.92 Å². The number of aromatic nitrogens is 2. The molecule has 0 radical (unpaired) electrons. The summed E-state index contributed by atoms with van der Waals surface area (Å²) in [6, 6.07) is 21.6. The topological polar surface area (TPSA) is 198 Å². The van der Waals surface area contributed by atoms with Gasteiger partial charge in [-0.15, -0.1) is 10.2 Å². The van der Waals surface area contributed by atoms with E-state index in [1.807, 2.05) is 35.2 Å². The fraction of sp³-hybridized carbons (Fsp3) is 0.426. The average molecular weight is 869 g/mol. The molecule has 0 bridgehead atoms. The molecule has 10 rings (SSSR count). The van der Waals surface area contributed by atoms with Crippen molar-refractivity contribution in [3.05, 3.63) is 83.9 Å². The van der Waals surface area contributed by atoms with Gasteiger partial charge in [-0.05, 0) is 80.6 Å². The predicted molar refractivity (Wildman–Crippen MR) is 238 cm³/mol. The van der Waals surface area contributed by atoms with Gasteiger partial charge in [-0.25, -0.2) is 0 Å². The summed E-state index contributed by atoms with van der Waals surface area (Å²) in [6.07, 6.45) is 3.71. The summed E-state index contributed by atoms with van der Waals surface area (Å²) in [4.78, 5) is 76.5. The van der Waals surface area contributed by atoms with Crippen LogP contribution in [0.5, 0.6) is 11.5 Å². The first kappa shape index (κ1) is 41.3. The van der Waals surface area contributed by atoms with Gasteiger partial charge in [0.05, 0.1) is 28.0 Å². The smallest absolute Gasteiger partial charge is 0.262 e. The van der Waals surface area contributed by atoms with Crippen LogP contribution in [0.3, 0.4) is 0 Å². The molecule has 4 saturated heterocycles. The van der Waals surface area contributed by atoms with E-state index in [1.165, 1.54) is 0 Å². The van der Waals surface area contributed by atoms with Gasteiger partial charge in [-0.3, -0.25) is 39.1 Å². The van der Waals surface area contributed by atoms with Crippen molar-refractivity contribution in [3.63, 3.8) is 0 Å². The van der Waals surface area contributed by atoms with E-state index in [4.69, 9.17) is 10.5 Å². The molecular formula is C47H52N10O7. The summed E-state index contributed by atoms with van der Waals surface area (Å²) in [5.74, 6) is -0.608. The molecule has 1 atom stereocenters. The Morgan fingerprint density at radius 2 is 1.56 bits per heavy atom. The van der Waals surface area contributed by atoms with E-state index in [2.05, 4.69) is 53.3 Å². The number of carbonyl (C=O) groups is 5. The first-order valence-corrected chi connectivity index (χ1v) is 22.3. The van der Waals surface area contributed by atoms with Crippen molar-refractivity contribution in [3.8, 4) is 22.8 Å². The summed E-state index contributed by atoms with van der Waals surface area (Å²) >= 11 is 0. The Hall–Kier alpha value is -6.75. The number of phenolic OH excluding ortho intramolecular Hbond substituents is 1. The zero-order valence-corrected chi connectivity index (χ0v) is 35.7. The number of piperazine rings is 2. The molecule has 1 spiro atoms. The molecular weight excluding hydrogens is 817 g/mol. The van der Waals surface area contributed by atoms with Crippen molar-refractivity contribution in [2.45, 2.75) is 50.1 Å². The number of hydrogen-bond acceptors (Lipinski definition) is 14. The van der Waals surface area contributed by atoms with Gasteiger partial charge in [-0.1, -0.05) is 18.2 Å².